The quantitative estimate of drug-likeness (QED) is 0.670. The molecule has 0 aromatic heterocycles. The second-order valence-electron chi connectivity index (χ2n) is 9.39. The molecule has 1 aliphatic heterocycles. The molecule has 2 heteroatoms. The molecule has 1 aliphatic rings. The van der Waals surface area contributed by atoms with Gasteiger partial charge in [0, 0.05) is 11.5 Å². The molecular weight excluding hydrogens is 296 g/mol. The lowest BCUT2D eigenvalue weighted by molar-refractivity contribution is -0.206. The van der Waals surface area contributed by atoms with Gasteiger partial charge in [-0.2, -0.15) is 0 Å². The van der Waals surface area contributed by atoms with Gasteiger partial charge in [0.25, 0.3) is 0 Å². The Morgan fingerprint density at radius 1 is 0.917 bits per heavy atom. The van der Waals surface area contributed by atoms with Gasteiger partial charge in [0.1, 0.15) is 0 Å². The van der Waals surface area contributed by atoms with E-state index < -0.39 is 0 Å². The SMILES string of the molecule is CCCC1COC(c2cc(C(C)(C)C)c(C)c(C(C)(C)C)c2)OC1. The maximum absolute atomic E-state index is 6.08. The minimum Gasteiger partial charge on any atom is -0.348 e. The summed E-state index contributed by atoms with van der Waals surface area (Å²) >= 11 is 0. The molecule has 0 atom stereocenters. The van der Waals surface area contributed by atoms with Crippen molar-refractivity contribution in [3.63, 3.8) is 0 Å². The fourth-order valence-corrected chi connectivity index (χ4v) is 3.74. The van der Waals surface area contributed by atoms with Crippen LogP contribution in [0.15, 0.2) is 12.1 Å². The lowest BCUT2D eigenvalue weighted by Gasteiger charge is -2.33. The van der Waals surface area contributed by atoms with E-state index in [-0.39, 0.29) is 17.1 Å². The molecule has 0 spiro atoms. The van der Waals surface area contributed by atoms with E-state index in [2.05, 4.69) is 67.5 Å². The Labute approximate surface area is 148 Å². The molecule has 0 unspecified atom stereocenters. The average molecular weight is 333 g/mol. The average Bonchev–Trinajstić information content (AvgIpc) is 2.46. The highest BCUT2D eigenvalue weighted by Gasteiger charge is 2.29. The van der Waals surface area contributed by atoms with Crippen LogP contribution < -0.4 is 0 Å². The number of hydrogen-bond acceptors (Lipinski definition) is 2. The van der Waals surface area contributed by atoms with E-state index >= 15 is 0 Å². The van der Waals surface area contributed by atoms with Crippen molar-refractivity contribution in [2.45, 2.75) is 85.4 Å². The third kappa shape index (κ3) is 4.40. The topological polar surface area (TPSA) is 18.5 Å². The lowest BCUT2D eigenvalue weighted by Crippen LogP contribution is -2.28. The first-order valence-electron chi connectivity index (χ1n) is 9.42. The summed E-state index contributed by atoms with van der Waals surface area (Å²) in [4.78, 5) is 0. The van der Waals surface area contributed by atoms with Gasteiger partial charge >= 0.3 is 0 Å². The van der Waals surface area contributed by atoms with Crippen molar-refractivity contribution in [1.82, 2.24) is 0 Å². The molecule has 0 N–H and O–H groups in total. The van der Waals surface area contributed by atoms with E-state index in [1.54, 1.807) is 0 Å². The molecule has 0 bridgehead atoms. The molecule has 1 saturated heterocycles. The summed E-state index contributed by atoms with van der Waals surface area (Å²) in [5, 5.41) is 0. The number of rotatable bonds is 3. The number of benzene rings is 1. The second-order valence-corrected chi connectivity index (χ2v) is 9.39. The van der Waals surface area contributed by atoms with E-state index in [4.69, 9.17) is 9.47 Å². The van der Waals surface area contributed by atoms with Gasteiger partial charge in [0.2, 0.25) is 0 Å². The van der Waals surface area contributed by atoms with Gasteiger partial charge in [-0.1, -0.05) is 54.9 Å². The minimum atomic E-state index is -0.221. The van der Waals surface area contributed by atoms with Crippen LogP contribution in [-0.2, 0) is 20.3 Å². The van der Waals surface area contributed by atoms with Crippen LogP contribution >= 0.6 is 0 Å². The van der Waals surface area contributed by atoms with Crippen LogP contribution in [0.25, 0.3) is 0 Å². The third-order valence-electron chi connectivity index (χ3n) is 4.98. The standard InChI is InChI=1S/C22H36O2/c1-9-10-16-13-23-20(24-14-16)17-11-18(21(3,4)5)15(2)19(12-17)22(6,7)8/h11-12,16,20H,9-10,13-14H2,1-8H3. The normalized spacial score (nSPS) is 22.7. The summed E-state index contributed by atoms with van der Waals surface area (Å²) in [6.45, 7) is 19.8. The zero-order chi connectivity index (χ0) is 18.1. The summed E-state index contributed by atoms with van der Waals surface area (Å²) in [7, 11) is 0. The van der Waals surface area contributed by atoms with Crippen LogP contribution in [0.3, 0.4) is 0 Å². The van der Waals surface area contributed by atoms with Crippen molar-refractivity contribution < 1.29 is 9.47 Å². The zero-order valence-corrected chi connectivity index (χ0v) is 17.0. The van der Waals surface area contributed by atoms with E-state index in [0.717, 1.165) is 13.2 Å². The third-order valence-corrected chi connectivity index (χ3v) is 4.98. The molecule has 0 aliphatic carbocycles. The van der Waals surface area contributed by atoms with Crippen LogP contribution in [-0.4, -0.2) is 13.2 Å². The van der Waals surface area contributed by atoms with Crippen molar-refractivity contribution in [1.29, 1.82) is 0 Å². The van der Waals surface area contributed by atoms with Crippen molar-refractivity contribution in [3.05, 3.63) is 34.4 Å². The van der Waals surface area contributed by atoms with Gasteiger partial charge in [0.15, 0.2) is 6.29 Å². The molecule has 1 aromatic rings. The molecule has 136 valence electrons. The van der Waals surface area contributed by atoms with Gasteiger partial charge in [0.05, 0.1) is 13.2 Å². The highest BCUT2D eigenvalue weighted by Crippen LogP contribution is 2.38. The summed E-state index contributed by atoms with van der Waals surface area (Å²) in [5.41, 5.74) is 5.59. The number of hydrogen-bond donors (Lipinski definition) is 0. The molecule has 24 heavy (non-hydrogen) atoms. The van der Waals surface area contributed by atoms with Gasteiger partial charge in [-0.05, 0) is 53.0 Å². The Morgan fingerprint density at radius 2 is 1.38 bits per heavy atom. The van der Waals surface area contributed by atoms with Gasteiger partial charge < -0.3 is 9.47 Å². The first-order chi connectivity index (χ1) is 11.0. The minimum absolute atomic E-state index is 0.111. The van der Waals surface area contributed by atoms with E-state index in [9.17, 15) is 0 Å². The predicted octanol–water partition coefficient (Wildman–Crippen LogP) is 6.05. The van der Waals surface area contributed by atoms with Gasteiger partial charge in [-0.3, -0.25) is 0 Å². The van der Waals surface area contributed by atoms with Gasteiger partial charge in [-0.25, -0.2) is 0 Å². The first-order valence-corrected chi connectivity index (χ1v) is 9.42. The van der Waals surface area contributed by atoms with Crippen LogP contribution in [0.1, 0.15) is 89.9 Å². The van der Waals surface area contributed by atoms with E-state index in [1.807, 2.05) is 0 Å². The highest BCUT2D eigenvalue weighted by molar-refractivity contribution is 5.45. The molecule has 0 amide bonds. The summed E-state index contributed by atoms with van der Waals surface area (Å²) in [5.74, 6) is 0.542. The molecular formula is C22H36O2. The Morgan fingerprint density at radius 3 is 1.75 bits per heavy atom. The maximum Gasteiger partial charge on any atom is 0.183 e. The van der Waals surface area contributed by atoms with Crippen molar-refractivity contribution >= 4 is 0 Å². The summed E-state index contributed by atoms with van der Waals surface area (Å²) in [6, 6.07) is 4.60. The molecule has 0 saturated carbocycles. The van der Waals surface area contributed by atoms with Crippen LogP contribution in [0.2, 0.25) is 0 Å². The van der Waals surface area contributed by atoms with Crippen LogP contribution in [0.5, 0.6) is 0 Å². The molecule has 1 heterocycles. The smallest absolute Gasteiger partial charge is 0.183 e. The van der Waals surface area contributed by atoms with Crippen molar-refractivity contribution in [2.75, 3.05) is 13.2 Å². The summed E-state index contributed by atoms with van der Waals surface area (Å²) in [6.07, 6.45) is 2.15. The fraction of sp³-hybridized carbons (Fsp3) is 0.727. The molecule has 2 nitrogen and oxygen atoms in total. The van der Waals surface area contributed by atoms with Crippen LogP contribution in [0.4, 0.5) is 0 Å². The van der Waals surface area contributed by atoms with Crippen molar-refractivity contribution in [2.24, 2.45) is 5.92 Å². The molecule has 0 radical (unpaired) electrons. The van der Waals surface area contributed by atoms with Crippen molar-refractivity contribution in [3.8, 4) is 0 Å². The van der Waals surface area contributed by atoms with E-state index in [0.29, 0.717) is 5.92 Å². The fourth-order valence-electron chi connectivity index (χ4n) is 3.74. The zero-order valence-electron chi connectivity index (χ0n) is 17.0. The molecule has 2 rings (SSSR count). The first kappa shape index (κ1) is 19.5. The largest absolute Gasteiger partial charge is 0.348 e. The Hall–Kier alpha value is -0.860. The lowest BCUT2D eigenvalue weighted by atomic mass is 9.75. The Kier molecular flexibility index (Phi) is 5.82. The van der Waals surface area contributed by atoms with Gasteiger partial charge in [-0.15, -0.1) is 0 Å². The monoisotopic (exact) mass is 332 g/mol. The maximum atomic E-state index is 6.08. The predicted molar refractivity (Wildman–Crippen MR) is 102 cm³/mol. The Bertz CT molecular complexity index is 517. The van der Waals surface area contributed by atoms with Crippen LogP contribution in [0, 0.1) is 12.8 Å². The molecule has 1 aromatic carbocycles. The number of ether oxygens (including phenoxy) is 2. The molecule has 1 fully saturated rings. The highest BCUT2D eigenvalue weighted by atomic mass is 16.7. The van der Waals surface area contributed by atoms with E-state index in [1.165, 1.54) is 35.1 Å². The summed E-state index contributed by atoms with van der Waals surface area (Å²) < 4.78 is 12.2. The Balaban J connectivity index is 2.37. The second kappa shape index (κ2) is 7.17.